The van der Waals surface area contributed by atoms with E-state index in [1.54, 1.807) is 29.5 Å². The second kappa shape index (κ2) is 8.79. The predicted molar refractivity (Wildman–Crippen MR) is 114 cm³/mol. The van der Waals surface area contributed by atoms with Gasteiger partial charge >= 0.3 is 0 Å². The summed E-state index contributed by atoms with van der Waals surface area (Å²) in [5.74, 6) is 0.287. The Bertz CT molecular complexity index is 969. The molecule has 2 heterocycles. The summed E-state index contributed by atoms with van der Waals surface area (Å²) >= 11 is 13.8. The van der Waals surface area contributed by atoms with Crippen LogP contribution in [0.1, 0.15) is 44.1 Å². The zero-order valence-electron chi connectivity index (χ0n) is 16.1. The van der Waals surface area contributed by atoms with Gasteiger partial charge in [-0.1, -0.05) is 44.0 Å². The first kappa shape index (κ1) is 21.1. The molecule has 0 aliphatic carbocycles. The molecule has 1 aromatic carbocycles. The first-order valence-corrected chi connectivity index (χ1v) is 10.6. The molecule has 28 heavy (non-hydrogen) atoms. The minimum Gasteiger partial charge on any atom is -0.376 e. The van der Waals surface area contributed by atoms with Crippen molar-refractivity contribution in [1.82, 2.24) is 4.57 Å². The van der Waals surface area contributed by atoms with Crippen molar-refractivity contribution in [1.29, 1.82) is 5.26 Å². The van der Waals surface area contributed by atoms with E-state index in [4.69, 9.17) is 38.2 Å². The molecule has 0 saturated carbocycles. The van der Waals surface area contributed by atoms with E-state index in [1.165, 1.54) is 4.88 Å². The molecular formula is C20H22Cl2N4OS. The van der Waals surface area contributed by atoms with Crippen LogP contribution in [0.3, 0.4) is 0 Å². The van der Waals surface area contributed by atoms with Crippen molar-refractivity contribution in [2.24, 2.45) is 9.98 Å². The number of amidine groups is 1. The normalized spacial score (nSPS) is 18.5. The van der Waals surface area contributed by atoms with Crippen molar-refractivity contribution >= 4 is 40.4 Å². The average molecular weight is 437 g/mol. The number of thiazole rings is 1. The molecule has 1 aliphatic heterocycles. The molecule has 5 nitrogen and oxygen atoms in total. The second-order valence-electron chi connectivity index (χ2n) is 7.72. The van der Waals surface area contributed by atoms with E-state index in [2.05, 4.69) is 36.5 Å². The predicted octanol–water partition coefficient (Wildman–Crippen LogP) is 5.16. The highest BCUT2D eigenvalue weighted by Crippen LogP contribution is 2.25. The molecule has 0 N–H and O–H groups in total. The van der Waals surface area contributed by atoms with Gasteiger partial charge in [0.2, 0.25) is 6.19 Å². The molecule has 0 amide bonds. The van der Waals surface area contributed by atoms with Crippen molar-refractivity contribution < 1.29 is 4.74 Å². The number of aliphatic imine (C=N–C) groups is 1. The Morgan fingerprint density at radius 2 is 2.04 bits per heavy atom. The van der Waals surface area contributed by atoms with Gasteiger partial charge in [-0.15, -0.1) is 11.3 Å². The molecule has 0 bridgehead atoms. The van der Waals surface area contributed by atoms with Crippen LogP contribution >= 0.6 is 34.5 Å². The lowest BCUT2D eigenvalue weighted by Crippen LogP contribution is -2.23. The van der Waals surface area contributed by atoms with Gasteiger partial charge in [0.25, 0.3) is 0 Å². The van der Waals surface area contributed by atoms with Crippen LogP contribution in [-0.4, -0.2) is 23.1 Å². The fraction of sp³-hybridized carbons (Fsp3) is 0.450. The van der Waals surface area contributed by atoms with Crippen LogP contribution in [0.5, 0.6) is 0 Å². The zero-order chi connectivity index (χ0) is 20.3. The second-order valence-corrected chi connectivity index (χ2v) is 9.60. The van der Waals surface area contributed by atoms with E-state index in [1.807, 2.05) is 6.19 Å². The Morgan fingerprint density at radius 1 is 1.32 bits per heavy atom. The summed E-state index contributed by atoms with van der Waals surface area (Å²) in [4.78, 5) is 10.6. The van der Waals surface area contributed by atoms with Gasteiger partial charge in [0.05, 0.1) is 12.6 Å². The topological polar surface area (TPSA) is 62.7 Å². The molecule has 0 unspecified atom stereocenters. The monoisotopic (exact) mass is 436 g/mol. The number of hydrogen-bond acceptors (Lipinski definition) is 4. The van der Waals surface area contributed by atoms with E-state index in [0.29, 0.717) is 15.6 Å². The molecule has 3 rings (SSSR count). The van der Waals surface area contributed by atoms with Crippen molar-refractivity contribution in [3.05, 3.63) is 49.7 Å². The molecule has 0 radical (unpaired) electrons. The van der Waals surface area contributed by atoms with E-state index < -0.39 is 0 Å². The number of nitriles is 1. The van der Waals surface area contributed by atoms with Crippen LogP contribution in [0, 0.1) is 11.5 Å². The maximum absolute atomic E-state index is 9.16. The van der Waals surface area contributed by atoms with Crippen LogP contribution in [0.25, 0.3) is 0 Å². The molecule has 1 aromatic heterocycles. The van der Waals surface area contributed by atoms with Gasteiger partial charge in [-0.25, -0.2) is 0 Å². The summed E-state index contributed by atoms with van der Waals surface area (Å²) < 4.78 is 7.90. The molecule has 1 fully saturated rings. The van der Waals surface area contributed by atoms with Crippen LogP contribution in [0.15, 0.2) is 34.4 Å². The fourth-order valence-corrected chi connectivity index (χ4v) is 4.51. The maximum atomic E-state index is 9.16. The summed E-state index contributed by atoms with van der Waals surface area (Å²) in [6.45, 7) is 8.03. The minimum absolute atomic E-state index is 0.0113. The molecule has 148 valence electrons. The number of ether oxygens (including phenoxy) is 1. The lowest BCUT2D eigenvalue weighted by atomic mass is 9.95. The third kappa shape index (κ3) is 5.24. The van der Waals surface area contributed by atoms with Crippen LogP contribution in [-0.2, 0) is 16.7 Å². The first-order chi connectivity index (χ1) is 13.3. The van der Waals surface area contributed by atoms with Gasteiger partial charge in [-0.2, -0.15) is 15.2 Å². The Labute approximate surface area is 178 Å². The maximum Gasteiger partial charge on any atom is 0.207 e. The highest BCUT2D eigenvalue weighted by Gasteiger charge is 2.21. The molecule has 2 aromatic rings. The largest absolute Gasteiger partial charge is 0.376 e. The Hall–Kier alpha value is -1.65. The number of halogens is 2. The van der Waals surface area contributed by atoms with E-state index in [-0.39, 0.29) is 17.4 Å². The molecular weight excluding hydrogens is 415 g/mol. The highest BCUT2D eigenvalue weighted by molar-refractivity contribution is 7.09. The lowest BCUT2D eigenvalue weighted by Gasteiger charge is -2.15. The molecule has 1 aliphatic rings. The SMILES string of the molecule is CC(C)(C)c1cn(C[C@H]2CCCO2)c(=NC(=NC#N)c2cc(Cl)cc(Cl)c2)s1. The summed E-state index contributed by atoms with van der Waals surface area (Å²) in [6, 6.07) is 5.04. The van der Waals surface area contributed by atoms with Crippen LogP contribution < -0.4 is 4.80 Å². The summed E-state index contributed by atoms with van der Waals surface area (Å²) in [6.07, 6.45) is 6.26. The fourth-order valence-electron chi connectivity index (χ4n) is 2.93. The van der Waals surface area contributed by atoms with Gasteiger partial charge in [-0.3, -0.25) is 0 Å². The zero-order valence-corrected chi connectivity index (χ0v) is 18.4. The van der Waals surface area contributed by atoms with Gasteiger partial charge in [0.15, 0.2) is 10.6 Å². The summed E-state index contributed by atoms with van der Waals surface area (Å²) in [7, 11) is 0. The standard InChI is InChI=1S/C20H22Cl2N4OS/c1-20(2,3)17-11-26(10-16-5-4-6-27-16)19(28-17)25-18(24-12-23)13-7-14(21)9-15(22)8-13/h7-9,11,16H,4-6,10H2,1-3H3/t16-/m1/s1. The summed E-state index contributed by atoms with van der Waals surface area (Å²) in [5, 5.41) is 10.1. The average Bonchev–Trinajstić information content (AvgIpc) is 3.24. The third-order valence-electron chi connectivity index (χ3n) is 4.36. The van der Waals surface area contributed by atoms with Gasteiger partial charge in [0.1, 0.15) is 0 Å². The van der Waals surface area contributed by atoms with Crippen molar-refractivity contribution in [3.8, 4) is 6.19 Å². The van der Waals surface area contributed by atoms with Crippen LogP contribution in [0.4, 0.5) is 0 Å². The number of hydrogen-bond donors (Lipinski definition) is 0. The van der Waals surface area contributed by atoms with E-state index in [0.717, 1.165) is 30.8 Å². The van der Waals surface area contributed by atoms with Crippen molar-refractivity contribution in [3.63, 3.8) is 0 Å². The number of rotatable bonds is 3. The van der Waals surface area contributed by atoms with Gasteiger partial charge < -0.3 is 9.30 Å². The molecule has 1 atom stereocenters. The first-order valence-electron chi connectivity index (χ1n) is 9.06. The quantitative estimate of drug-likeness (QED) is 0.378. The summed E-state index contributed by atoms with van der Waals surface area (Å²) in [5.41, 5.74) is 0.594. The molecule has 1 saturated heterocycles. The number of aromatic nitrogens is 1. The number of nitrogens with zero attached hydrogens (tertiary/aromatic N) is 4. The highest BCUT2D eigenvalue weighted by atomic mass is 35.5. The molecule has 0 spiro atoms. The van der Waals surface area contributed by atoms with Gasteiger partial charge in [-0.05, 0) is 36.5 Å². The third-order valence-corrected chi connectivity index (χ3v) is 6.24. The smallest absolute Gasteiger partial charge is 0.207 e. The van der Waals surface area contributed by atoms with E-state index >= 15 is 0 Å². The Morgan fingerprint density at radius 3 is 2.61 bits per heavy atom. The van der Waals surface area contributed by atoms with Gasteiger partial charge in [0, 0.05) is 33.3 Å². The Balaban J connectivity index is 2.09. The van der Waals surface area contributed by atoms with E-state index in [9.17, 15) is 0 Å². The molecule has 8 heteroatoms. The minimum atomic E-state index is -0.0113. The van der Waals surface area contributed by atoms with Crippen molar-refractivity contribution in [2.45, 2.75) is 51.7 Å². The lowest BCUT2D eigenvalue weighted by molar-refractivity contribution is 0.0963. The van der Waals surface area contributed by atoms with Crippen LogP contribution in [0.2, 0.25) is 10.0 Å². The number of benzene rings is 1. The van der Waals surface area contributed by atoms with Crippen molar-refractivity contribution in [2.75, 3.05) is 6.61 Å². The Kier molecular flexibility index (Phi) is 6.61.